The molecule has 1 fully saturated rings. The quantitative estimate of drug-likeness (QED) is 0.314. The van der Waals surface area contributed by atoms with Crippen molar-refractivity contribution in [2.24, 2.45) is 23.5 Å². The summed E-state index contributed by atoms with van der Waals surface area (Å²) in [4.78, 5) is 43.0. The number of carbonyl (C=O) groups is 3. The monoisotopic (exact) mass is 559 g/mol. The molecular weight excluding hydrogens is 526 g/mol. The number of carbonyl (C=O) groups excluding carboxylic acids is 3. The van der Waals surface area contributed by atoms with Gasteiger partial charge in [-0.15, -0.1) is 0 Å². The molecule has 39 heavy (non-hydrogen) atoms. The normalized spacial score (nSPS) is 28.6. The number of phenolic OH excluding ortho intramolecular Hbond substituents is 1. The maximum Gasteiger partial charge on any atom is 0.255 e. The molecule has 1 aromatic carbocycles. The second-order valence-corrected chi connectivity index (χ2v) is 11.8. The molecule has 10 nitrogen and oxygen atoms in total. The Morgan fingerprint density at radius 2 is 1.87 bits per heavy atom. The number of phenols is 1. The van der Waals surface area contributed by atoms with E-state index in [1.165, 1.54) is 23.8 Å². The maximum atomic E-state index is 13.8. The van der Waals surface area contributed by atoms with Crippen molar-refractivity contribution in [3.63, 3.8) is 0 Å². The van der Waals surface area contributed by atoms with Crippen molar-refractivity contribution in [1.29, 1.82) is 0 Å². The molecule has 4 aliphatic rings. The first-order valence-electron chi connectivity index (χ1n) is 13.2. The van der Waals surface area contributed by atoms with Crippen LogP contribution in [0.1, 0.15) is 47.7 Å². The van der Waals surface area contributed by atoms with Crippen molar-refractivity contribution in [2.75, 3.05) is 27.2 Å². The largest absolute Gasteiger partial charge is 0.510 e. The van der Waals surface area contributed by atoms with Gasteiger partial charge >= 0.3 is 0 Å². The third-order valence-corrected chi connectivity index (χ3v) is 9.26. The first-order valence-corrected chi connectivity index (χ1v) is 13.6. The average molecular weight is 560 g/mol. The van der Waals surface area contributed by atoms with Gasteiger partial charge in [0.25, 0.3) is 5.91 Å². The van der Waals surface area contributed by atoms with Crippen LogP contribution >= 0.6 is 11.6 Å². The lowest BCUT2D eigenvalue weighted by atomic mass is 9.58. The van der Waals surface area contributed by atoms with Gasteiger partial charge in [-0.2, -0.15) is 0 Å². The van der Waals surface area contributed by atoms with Gasteiger partial charge in [0.2, 0.25) is 5.78 Å². The van der Waals surface area contributed by atoms with E-state index >= 15 is 0 Å². The number of nitrogens with two attached hydrogens (primary N) is 1. The van der Waals surface area contributed by atoms with Crippen LogP contribution in [0.2, 0.25) is 5.02 Å². The lowest BCUT2D eigenvalue weighted by Crippen LogP contribution is -2.63. The number of Topliss-reactive ketones (excluding diaryl/α,β-unsaturated/α-hetero) is 2. The predicted molar refractivity (Wildman–Crippen MR) is 142 cm³/mol. The zero-order valence-corrected chi connectivity index (χ0v) is 23.0. The summed E-state index contributed by atoms with van der Waals surface area (Å²) in [7, 11) is 3.19. The zero-order valence-electron chi connectivity index (χ0n) is 22.2. The molecule has 0 saturated heterocycles. The van der Waals surface area contributed by atoms with E-state index in [4.69, 9.17) is 17.3 Å². The topological polar surface area (TPSA) is 165 Å². The standard InChI is InChI=1S/C28H34ClN3O7/c1-4-32(10-12-5-6-12)11-14-9-17(33)19-15(21(14)29)7-13-8-16-22(31(2)3)24(35)20(27(30)38)26(37)28(16,39)25(36)18(13)23(19)34/h9,12-13,16,22,33,35-36,39H,4-8,10-11H2,1-3H3,(H2,30,38)/t13-,16-,22-,28-/m0/s1. The van der Waals surface area contributed by atoms with Gasteiger partial charge in [0, 0.05) is 29.6 Å². The van der Waals surface area contributed by atoms with Crippen LogP contribution < -0.4 is 5.73 Å². The number of nitrogens with zero attached hydrogens (tertiary/aromatic N) is 2. The lowest BCUT2D eigenvalue weighted by molar-refractivity contribution is -0.148. The smallest absolute Gasteiger partial charge is 0.255 e. The highest BCUT2D eigenvalue weighted by atomic mass is 35.5. The van der Waals surface area contributed by atoms with Gasteiger partial charge in [0.15, 0.2) is 11.4 Å². The summed E-state index contributed by atoms with van der Waals surface area (Å²) in [5.41, 5.74) is 2.75. The molecule has 1 saturated carbocycles. The number of aliphatic hydroxyl groups is 3. The van der Waals surface area contributed by atoms with Crippen molar-refractivity contribution in [2.45, 2.75) is 50.8 Å². The van der Waals surface area contributed by atoms with Crippen LogP contribution in [-0.2, 0) is 22.6 Å². The van der Waals surface area contributed by atoms with Crippen molar-refractivity contribution < 1.29 is 34.8 Å². The minimum atomic E-state index is -2.66. The first-order chi connectivity index (χ1) is 18.3. The van der Waals surface area contributed by atoms with Gasteiger partial charge in [-0.25, -0.2) is 0 Å². The van der Waals surface area contributed by atoms with Crippen LogP contribution in [0.3, 0.4) is 0 Å². The molecule has 5 rings (SSSR count). The summed E-state index contributed by atoms with van der Waals surface area (Å²) in [6.07, 6.45) is 2.59. The predicted octanol–water partition coefficient (Wildman–Crippen LogP) is 2.01. The molecule has 0 heterocycles. The van der Waals surface area contributed by atoms with Crippen LogP contribution in [0.15, 0.2) is 28.7 Å². The van der Waals surface area contributed by atoms with Crippen molar-refractivity contribution in [1.82, 2.24) is 9.80 Å². The molecular formula is C28H34ClN3O7. The third-order valence-electron chi connectivity index (χ3n) is 8.79. The van der Waals surface area contributed by atoms with Crippen LogP contribution in [-0.4, -0.2) is 86.5 Å². The Balaban J connectivity index is 1.61. The van der Waals surface area contributed by atoms with E-state index in [1.54, 1.807) is 14.1 Å². The van der Waals surface area contributed by atoms with E-state index in [0.29, 0.717) is 28.6 Å². The van der Waals surface area contributed by atoms with Gasteiger partial charge in [-0.1, -0.05) is 18.5 Å². The van der Waals surface area contributed by atoms with Crippen molar-refractivity contribution >= 4 is 29.1 Å². The number of likely N-dealkylation sites (N-methyl/N-ethyl adjacent to an activating group) is 1. The van der Waals surface area contributed by atoms with E-state index in [0.717, 1.165) is 13.1 Å². The molecule has 11 heteroatoms. The number of allylic oxidation sites excluding steroid dienone is 1. The molecule has 6 N–H and O–H groups in total. The summed E-state index contributed by atoms with van der Waals surface area (Å²) in [5.74, 6) is -6.09. The molecule has 0 aromatic heterocycles. The van der Waals surface area contributed by atoms with Gasteiger partial charge in [-0.3, -0.25) is 24.2 Å². The molecule has 0 bridgehead atoms. The highest BCUT2D eigenvalue weighted by molar-refractivity contribution is 6.33. The number of hydrogen-bond donors (Lipinski definition) is 5. The molecule has 0 aliphatic heterocycles. The van der Waals surface area contributed by atoms with E-state index in [9.17, 15) is 34.8 Å². The highest BCUT2D eigenvalue weighted by Crippen LogP contribution is 2.53. The Hall–Kier alpha value is -2.92. The summed E-state index contributed by atoms with van der Waals surface area (Å²) in [6.45, 7) is 4.30. The van der Waals surface area contributed by atoms with E-state index in [2.05, 4.69) is 11.8 Å². The Morgan fingerprint density at radius 3 is 2.44 bits per heavy atom. The molecule has 4 atom stereocenters. The Bertz CT molecular complexity index is 1350. The van der Waals surface area contributed by atoms with Crippen LogP contribution in [0.25, 0.3) is 0 Å². The average Bonchev–Trinajstić information content (AvgIpc) is 3.67. The van der Waals surface area contributed by atoms with Gasteiger partial charge in [0.05, 0.1) is 11.6 Å². The lowest BCUT2D eigenvalue weighted by Gasteiger charge is -2.50. The minimum Gasteiger partial charge on any atom is -0.510 e. The maximum absolute atomic E-state index is 13.8. The SMILES string of the molecule is CCN(Cc1cc(O)c2c(c1Cl)C[C@H]1C[C@H]3[C@H](N(C)C)C(O)=C(C(N)=O)C(=O)[C@@]3(O)C(O)=C1C2=O)CC1CC1. The van der Waals surface area contributed by atoms with Crippen LogP contribution in [0.4, 0.5) is 0 Å². The first kappa shape index (κ1) is 27.6. The second-order valence-electron chi connectivity index (χ2n) is 11.5. The summed E-state index contributed by atoms with van der Waals surface area (Å²) >= 11 is 6.85. The number of aliphatic hydroxyl groups excluding tert-OH is 2. The van der Waals surface area contributed by atoms with Crippen molar-refractivity contribution in [3.05, 3.63) is 50.4 Å². The van der Waals surface area contributed by atoms with Crippen LogP contribution in [0, 0.1) is 17.8 Å². The summed E-state index contributed by atoms with van der Waals surface area (Å²) in [5, 5.41) is 45.2. The number of primary amides is 1. The number of amides is 1. The Labute approximate surface area is 231 Å². The Morgan fingerprint density at radius 1 is 1.21 bits per heavy atom. The fourth-order valence-corrected chi connectivity index (χ4v) is 6.97. The summed E-state index contributed by atoms with van der Waals surface area (Å²) in [6, 6.07) is 0.429. The van der Waals surface area contributed by atoms with Crippen molar-refractivity contribution in [3.8, 4) is 5.75 Å². The molecule has 1 aromatic rings. The summed E-state index contributed by atoms with van der Waals surface area (Å²) < 4.78 is 0. The third kappa shape index (κ3) is 4.16. The molecule has 210 valence electrons. The number of benzene rings is 1. The van der Waals surface area contributed by atoms with Gasteiger partial charge < -0.3 is 26.2 Å². The Kier molecular flexibility index (Phi) is 6.82. The van der Waals surface area contributed by atoms with E-state index in [1.807, 2.05) is 0 Å². The second kappa shape index (κ2) is 9.62. The number of ketones is 2. The number of halogens is 1. The zero-order chi connectivity index (χ0) is 28.5. The number of hydrogen-bond acceptors (Lipinski definition) is 9. The van der Waals surface area contributed by atoms with E-state index < -0.39 is 58.0 Å². The minimum absolute atomic E-state index is 0.0237. The molecule has 1 amide bonds. The molecule has 0 unspecified atom stereocenters. The fourth-order valence-electron chi connectivity index (χ4n) is 6.68. The fraction of sp³-hybridized carbons (Fsp3) is 0.536. The number of fused-ring (bicyclic) bond motifs is 3. The highest BCUT2D eigenvalue weighted by Gasteiger charge is 2.63. The number of rotatable bonds is 7. The number of aromatic hydroxyl groups is 1. The molecule has 0 radical (unpaired) electrons. The van der Waals surface area contributed by atoms with Crippen LogP contribution in [0.5, 0.6) is 5.75 Å². The molecule has 4 aliphatic carbocycles. The van der Waals surface area contributed by atoms with Gasteiger partial charge in [-0.05, 0) is 75.4 Å². The van der Waals surface area contributed by atoms with Gasteiger partial charge in [0.1, 0.15) is 22.8 Å². The molecule has 0 spiro atoms. The van der Waals surface area contributed by atoms with E-state index in [-0.39, 0.29) is 29.7 Å².